The number of nitrogens with zero attached hydrogens (tertiary/aromatic N) is 2. The topological polar surface area (TPSA) is 80.3 Å². The van der Waals surface area contributed by atoms with Crippen LogP contribution in [0.2, 0.25) is 0 Å². The van der Waals surface area contributed by atoms with Crippen LogP contribution in [0, 0.1) is 0 Å². The Morgan fingerprint density at radius 3 is 1.90 bits per heavy atom. The molecular formula is C40H59Br2N3O5. The number of hydrogen-bond acceptors (Lipinski definition) is 7. The highest BCUT2D eigenvalue weighted by molar-refractivity contribution is 9.10. The number of ether oxygens (including phenoxy) is 3. The van der Waals surface area contributed by atoms with Crippen LogP contribution in [-0.4, -0.2) is 97.0 Å². The monoisotopic (exact) mass is 819 g/mol. The summed E-state index contributed by atoms with van der Waals surface area (Å²) in [6.45, 7) is 15.0. The fraction of sp³-hybridized carbons (Fsp3) is 0.650. The number of amides is 1. The molecule has 3 saturated heterocycles. The molecule has 3 heterocycles. The highest BCUT2D eigenvalue weighted by atomic mass is 79.9. The van der Waals surface area contributed by atoms with Crippen LogP contribution in [0.25, 0.3) is 0 Å². The van der Waals surface area contributed by atoms with Gasteiger partial charge in [-0.25, -0.2) is 4.79 Å². The summed E-state index contributed by atoms with van der Waals surface area (Å²) in [5, 5.41) is 3.50. The summed E-state index contributed by atoms with van der Waals surface area (Å²) in [6, 6.07) is 18.4. The van der Waals surface area contributed by atoms with Gasteiger partial charge >= 0.3 is 6.09 Å². The third-order valence-electron chi connectivity index (χ3n) is 9.56. The fourth-order valence-electron chi connectivity index (χ4n) is 6.81. The molecule has 1 aliphatic carbocycles. The van der Waals surface area contributed by atoms with E-state index in [1.807, 2.05) is 25.7 Å². The number of likely N-dealkylation sites (tertiary alicyclic amines) is 1. The van der Waals surface area contributed by atoms with Crippen LogP contribution in [0.3, 0.4) is 0 Å². The third kappa shape index (κ3) is 14.7. The van der Waals surface area contributed by atoms with Gasteiger partial charge in [-0.2, -0.15) is 0 Å². The van der Waals surface area contributed by atoms with Gasteiger partial charge in [0, 0.05) is 66.1 Å². The van der Waals surface area contributed by atoms with Crippen LogP contribution in [0.5, 0.6) is 0 Å². The van der Waals surface area contributed by atoms with Crippen molar-refractivity contribution in [2.75, 3.05) is 39.4 Å². The van der Waals surface area contributed by atoms with Crippen LogP contribution in [0.15, 0.2) is 57.5 Å². The number of halogens is 2. The summed E-state index contributed by atoms with van der Waals surface area (Å²) in [7, 11) is 0. The molecule has 0 radical (unpaired) electrons. The number of benzene rings is 2. The number of hydrogen-bond donors (Lipinski definition) is 1. The molecule has 4 aliphatic rings. The first-order valence-electron chi connectivity index (χ1n) is 18.6. The second kappa shape index (κ2) is 20.4. The maximum atomic E-state index is 12.3. The molecule has 4 atom stereocenters. The Morgan fingerprint density at radius 2 is 1.40 bits per heavy atom. The van der Waals surface area contributed by atoms with E-state index in [0.29, 0.717) is 30.0 Å². The second-order valence-corrected chi connectivity index (χ2v) is 17.0. The number of rotatable bonds is 5. The molecule has 0 bridgehead atoms. The first-order valence-corrected chi connectivity index (χ1v) is 20.1. The molecule has 2 aromatic rings. The fourth-order valence-corrected chi connectivity index (χ4v) is 7.33. The van der Waals surface area contributed by atoms with Gasteiger partial charge in [-0.1, -0.05) is 62.5 Å². The number of carbonyl (C=O) groups is 2. The normalized spacial score (nSPS) is 25.1. The predicted molar refractivity (Wildman–Crippen MR) is 208 cm³/mol. The zero-order chi connectivity index (χ0) is 36.1. The molecular weight excluding hydrogens is 762 g/mol. The van der Waals surface area contributed by atoms with Crippen molar-refractivity contribution >= 4 is 43.7 Å². The lowest BCUT2D eigenvalue weighted by molar-refractivity contribution is -0.120. The Kier molecular flexibility index (Phi) is 16.7. The predicted octanol–water partition coefficient (Wildman–Crippen LogP) is 8.37. The minimum atomic E-state index is -0.441. The Morgan fingerprint density at radius 1 is 0.840 bits per heavy atom. The molecule has 0 unspecified atom stereocenters. The minimum Gasteiger partial charge on any atom is -0.444 e. The number of Topliss-reactive ketones (excluding diaryl/α,β-unsaturated/α-hetero) is 1. The van der Waals surface area contributed by atoms with Crippen molar-refractivity contribution in [3.63, 3.8) is 0 Å². The van der Waals surface area contributed by atoms with E-state index in [-0.39, 0.29) is 12.2 Å². The van der Waals surface area contributed by atoms with Crippen LogP contribution < -0.4 is 5.32 Å². The Balaban J connectivity index is 0.000000210. The van der Waals surface area contributed by atoms with Crippen molar-refractivity contribution in [3.05, 3.63) is 68.6 Å². The summed E-state index contributed by atoms with van der Waals surface area (Å²) in [5.41, 5.74) is 2.25. The third-order valence-corrected chi connectivity index (χ3v) is 10.6. The van der Waals surface area contributed by atoms with E-state index >= 15 is 0 Å². The number of piperidine rings is 1. The maximum absolute atomic E-state index is 12.3. The lowest BCUT2D eigenvalue weighted by atomic mass is 9.96. The number of carbonyl (C=O) groups excluding carboxylic acids is 2. The zero-order valence-corrected chi connectivity index (χ0v) is 34.0. The van der Waals surface area contributed by atoms with Crippen LogP contribution >= 0.6 is 31.9 Å². The molecule has 1 amide bonds. The van der Waals surface area contributed by atoms with Crippen LogP contribution in [0.4, 0.5) is 4.79 Å². The van der Waals surface area contributed by atoms with Crippen molar-refractivity contribution in [2.24, 2.45) is 0 Å². The van der Waals surface area contributed by atoms with E-state index in [0.717, 1.165) is 99.7 Å². The number of nitrogens with one attached hydrogen (secondary N) is 1. The quantitative estimate of drug-likeness (QED) is 0.325. The summed E-state index contributed by atoms with van der Waals surface area (Å²) in [6.07, 6.45) is 9.67. The van der Waals surface area contributed by atoms with Crippen molar-refractivity contribution in [2.45, 2.75) is 128 Å². The van der Waals surface area contributed by atoms with E-state index in [1.54, 1.807) is 0 Å². The molecule has 6 rings (SSSR count). The van der Waals surface area contributed by atoms with Gasteiger partial charge in [-0.15, -0.1) is 0 Å². The van der Waals surface area contributed by atoms with Gasteiger partial charge in [0.15, 0.2) is 0 Å². The SMILES string of the molecule is C[C@H]1CN(C2CCN(C(=O)OC(C)(C)C)CC2)[C@@H](Cc2ccc(Br)cc2)CO1.C[C@H]1CN[C@@H](Cc2ccc(Br)cc2)CO1.O=C1CCCCC1. The van der Waals surface area contributed by atoms with Crippen molar-refractivity contribution in [1.29, 1.82) is 0 Å². The van der Waals surface area contributed by atoms with Gasteiger partial charge in [-0.05, 0) is 109 Å². The zero-order valence-electron chi connectivity index (χ0n) is 30.8. The summed E-state index contributed by atoms with van der Waals surface area (Å²) < 4.78 is 19.4. The molecule has 3 aliphatic heterocycles. The van der Waals surface area contributed by atoms with E-state index < -0.39 is 5.60 Å². The molecule has 0 spiro atoms. The molecule has 0 aromatic heterocycles. The van der Waals surface area contributed by atoms with Gasteiger partial charge in [0.2, 0.25) is 0 Å². The lowest BCUT2D eigenvalue weighted by Gasteiger charge is -2.46. The smallest absolute Gasteiger partial charge is 0.410 e. The van der Waals surface area contributed by atoms with E-state index in [9.17, 15) is 9.59 Å². The first-order chi connectivity index (χ1) is 23.8. The molecule has 1 N–H and O–H groups in total. The standard InChI is InChI=1S/C22H33BrN2O3.C12H16BrNO.C6H10O/c1-16-14-25(20(15-27-16)13-17-5-7-18(23)8-6-17)19-9-11-24(12-10-19)21(26)28-22(2,3)4;1-9-7-14-12(8-15-9)6-10-2-4-11(13)5-3-10;7-6-4-2-1-3-5-6/h5-8,16,19-20H,9-15H2,1-4H3;2-5,9,12,14H,6-8H2,1H3;1-5H2/t16-,20-;9-,12-;/m00./s1. The Hall–Kier alpha value is -1.82. The van der Waals surface area contributed by atoms with Gasteiger partial charge in [0.1, 0.15) is 11.4 Å². The van der Waals surface area contributed by atoms with Crippen molar-refractivity contribution in [3.8, 4) is 0 Å². The maximum Gasteiger partial charge on any atom is 0.410 e. The second-order valence-electron chi connectivity index (χ2n) is 15.2. The summed E-state index contributed by atoms with van der Waals surface area (Å²) in [4.78, 5) is 27.3. The molecule has 10 heteroatoms. The lowest BCUT2D eigenvalue weighted by Crippen LogP contribution is -2.57. The van der Waals surface area contributed by atoms with Gasteiger partial charge in [0.25, 0.3) is 0 Å². The highest BCUT2D eigenvalue weighted by Crippen LogP contribution is 2.26. The molecule has 8 nitrogen and oxygen atoms in total. The Bertz CT molecular complexity index is 1300. The van der Waals surface area contributed by atoms with Crippen molar-refractivity contribution < 1.29 is 23.8 Å². The van der Waals surface area contributed by atoms with Crippen LogP contribution in [0.1, 0.15) is 90.7 Å². The average Bonchev–Trinajstić information content (AvgIpc) is 3.09. The molecule has 1 saturated carbocycles. The highest BCUT2D eigenvalue weighted by Gasteiger charge is 2.35. The van der Waals surface area contributed by atoms with E-state index in [2.05, 4.69) is 104 Å². The van der Waals surface area contributed by atoms with Gasteiger partial charge in [-0.3, -0.25) is 9.69 Å². The van der Waals surface area contributed by atoms with Crippen LogP contribution in [-0.2, 0) is 31.8 Å². The van der Waals surface area contributed by atoms with Gasteiger partial charge in [0.05, 0.1) is 25.4 Å². The molecule has 2 aromatic carbocycles. The minimum absolute atomic E-state index is 0.187. The Labute approximate surface area is 317 Å². The van der Waals surface area contributed by atoms with Gasteiger partial charge < -0.3 is 24.4 Å². The van der Waals surface area contributed by atoms with E-state index in [4.69, 9.17) is 14.2 Å². The first kappa shape index (κ1) is 40.9. The average molecular weight is 822 g/mol. The molecule has 278 valence electrons. The number of morpholine rings is 2. The largest absolute Gasteiger partial charge is 0.444 e. The number of ketones is 1. The summed E-state index contributed by atoms with van der Waals surface area (Å²) in [5.74, 6) is 0.464. The summed E-state index contributed by atoms with van der Waals surface area (Å²) >= 11 is 6.95. The molecule has 4 fully saturated rings. The molecule has 50 heavy (non-hydrogen) atoms. The van der Waals surface area contributed by atoms with E-state index in [1.165, 1.54) is 17.5 Å². The van der Waals surface area contributed by atoms with Crippen molar-refractivity contribution in [1.82, 2.24) is 15.1 Å².